The van der Waals surface area contributed by atoms with E-state index in [2.05, 4.69) is 10.9 Å². The highest BCUT2D eigenvalue weighted by atomic mass is 16.7. The van der Waals surface area contributed by atoms with Crippen LogP contribution in [-0.2, 0) is 19.9 Å². The molecule has 1 aromatic carbocycles. The van der Waals surface area contributed by atoms with Gasteiger partial charge in [0, 0.05) is 12.3 Å². The molecule has 0 bridgehead atoms. The second kappa shape index (κ2) is 6.45. The Kier molecular flexibility index (Phi) is 4.19. The summed E-state index contributed by atoms with van der Waals surface area (Å²) in [6.45, 7) is -0.426. The molecular weight excluding hydrogens is 368 g/mol. The van der Waals surface area contributed by atoms with Gasteiger partial charge in [0.05, 0.1) is 5.56 Å². The lowest BCUT2D eigenvalue weighted by atomic mass is 9.81. The molecule has 28 heavy (non-hydrogen) atoms. The number of nitrogens with zero attached hydrogens (tertiary/aromatic N) is 1. The summed E-state index contributed by atoms with van der Waals surface area (Å²) in [5.74, 6) is 1.77. The van der Waals surface area contributed by atoms with Gasteiger partial charge in [-0.05, 0) is 12.1 Å². The molecule has 1 unspecified atom stereocenters. The summed E-state index contributed by atoms with van der Waals surface area (Å²) in [6.07, 6.45) is 4.42. The van der Waals surface area contributed by atoms with Crippen molar-refractivity contribution in [1.82, 2.24) is 9.55 Å². The number of carbonyl (C=O) groups excluding carboxylic acids is 1. The van der Waals surface area contributed by atoms with Gasteiger partial charge in [0.2, 0.25) is 11.3 Å². The number of terminal acetylenes is 1. The molecule has 2 aromatic rings. The number of esters is 1. The van der Waals surface area contributed by atoms with Crippen molar-refractivity contribution < 1.29 is 24.1 Å². The number of hydrogen-bond donors (Lipinski definition) is 2. The van der Waals surface area contributed by atoms with E-state index in [0.29, 0.717) is 5.56 Å². The summed E-state index contributed by atoms with van der Waals surface area (Å²) in [5.41, 5.74) is -4.18. The number of aromatic nitrogens is 2. The van der Waals surface area contributed by atoms with Gasteiger partial charge in [-0.3, -0.25) is 14.3 Å². The number of rotatable bonds is 4. The topological polar surface area (TPSA) is 120 Å². The van der Waals surface area contributed by atoms with Crippen LogP contribution in [0.3, 0.4) is 0 Å². The Balaban J connectivity index is 1.61. The number of fused-ring (bicyclic) bond motifs is 1. The molecule has 4 atom stereocenters. The number of H-pyrrole nitrogens is 1. The number of hydrogen-bond acceptors (Lipinski definition) is 7. The summed E-state index contributed by atoms with van der Waals surface area (Å²) >= 11 is 0. The summed E-state index contributed by atoms with van der Waals surface area (Å²) in [4.78, 5) is 37.9. The monoisotopic (exact) mass is 384 g/mol. The Hall–Kier alpha value is -3.19. The average Bonchev–Trinajstić information content (AvgIpc) is 2.84. The lowest BCUT2D eigenvalue weighted by molar-refractivity contribution is -0.312. The zero-order chi connectivity index (χ0) is 19.9. The van der Waals surface area contributed by atoms with Crippen molar-refractivity contribution >= 4 is 5.97 Å². The molecule has 0 aliphatic carbocycles. The van der Waals surface area contributed by atoms with E-state index >= 15 is 0 Å². The fourth-order valence-corrected chi connectivity index (χ4v) is 3.55. The molecule has 0 radical (unpaired) electrons. The van der Waals surface area contributed by atoms with E-state index in [1.165, 1.54) is 6.20 Å². The van der Waals surface area contributed by atoms with Crippen LogP contribution in [0.15, 0.2) is 52.2 Å². The van der Waals surface area contributed by atoms with E-state index < -0.39 is 40.8 Å². The van der Waals surface area contributed by atoms with E-state index in [4.69, 9.17) is 20.6 Å². The highest BCUT2D eigenvalue weighted by Gasteiger charge is 2.74. The van der Waals surface area contributed by atoms with Gasteiger partial charge in [0.1, 0.15) is 25.4 Å². The molecule has 1 aromatic heterocycles. The van der Waals surface area contributed by atoms with E-state index in [9.17, 15) is 19.5 Å². The molecule has 3 heterocycles. The quantitative estimate of drug-likeness (QED) is 0.524. The van der Waals surface area contributed by atoms with Crippen LogP contribution in [0, 0.1) is 12.3 Å². The molecule has 9 heteroatoms. The number of aromatic amines is 1. The molecular formula is C19H16N2O7. The van der Waals surface area contributed by atoms with Crippen LogP contribution >= 0.6 is 0 Å². The second-order valence-electron chi connectivity index (χ2n) is 6.50. The predicted octanol–water partition coefficient (Wildman–Crippen LogP) is -0.792. The first-order valence-electron chi connectivity index (χ1n) is 8.46. The number of benzene rings is 1. The summed E-state index contributed by atoms with van der Waals surface area (Å²) < 4.78 is 17.7. The molecule has 2 aliphatic heterocycles. The smallest absolute Gasteiger partial charge is 0.338 e. The van der Waals surface area contributed by atoms with Crippen molar-refractivity contribution in [2.45, 2.75) is 23.5 Å². The first-order chi connectivity index (χ1) is 13.4. The second-order valence-corrected chi connectivity index (χ2v) is 6.50. The molecule has 2 aliphatic rings. The zero-order valence-corrected chi connectivity index (χ0v) is 14.5. The van der Waals surface area contributed by atoms with Gasteiger partial charge in [0.25, 0.3) is 5.56 Å². The maximum Gasteiger partial charge on any atom is 0.338 e. The van der Waals surface area contributed by atoms with Crippen LogP contribution in [0.4, 0.5) is 0 Å². The largest absolute Gasteiger partial charge is 0.459 e. The summed E-state index contributed by atoms with van der Waals surface area (Å²) in [6, 6.07) is 9.45. The van der Waals surface area contributed by atoms with Gasteiger partial charge < -0.3 is 19.3 Å². The fraction of sp³-hybridized carbons (Fsp3) is 0.316. The van der Waals surface area contributed by atoms with Crippen molar-refractivity contribution in [3.8, 4) is 12.3 Å². The van der Waals surface area contributed by atoms with Gasteiger partial charge in [-0.15, -0.1) is 6.42 Å². The van der Waals surface area contributed by atoms with Crippen LogP contribution in [0.25, 0.3) is 0 Å². The van der Waals surface area contributed by atoms with Crippen molar-refractivity contribution in [3.05, 3.63) is 69.0 Å². The Morgan fingerprint density at radius 3 is 2.71 bits per heavy atom. The van der Waals surface area contributed by atoms with Gasteiger partial charge in [0.15, 0.2) is 0 Å². The van der Waals surface area contributed by atoms with E-state index in [0.717, 1.165) is 10.6 Å². The Bertz CT molecular complexity index is 1070. The minimum Gasteiger partial charge on any atom is -0.459 e. The maximum atomic E-state index is 12.3. The van der Waals surface area contributed by atoms with Crippen LogP contribution in [0.5, 0.6) is 0 Å². The number of aliphatic hydroxyl groups is 1. The fourth-order valence-electron chi connectivity index (χ4n) is 3.55. The van der Waals surface area contributed by atoms with Crippen molar-refractivity contribution in [2.24, 2.45) is 0 Å². The minimum atomic E-state index is -1.65. The molecule has 2 fully saturated rings. The van der Waals surface area contributed by atoms with E-state index in [1.807, 2.05) is 0 Å². The molecule has 0 spiro atoms. The van der Waals surface area contributed by atoms with Gasteiger partial charge >= 0.3 is 11.7 Å². The van der Waals surface area contributed by atoms with Crippen molar-refractivity contribution in [3.63, 3.8) is 0 Å². The third-order valence-electron chi connectivity index (χ3n) is 5.01. The lowest BCUT2D eigenvalue weighted by Crippen LogP contribution is -2.71. The van der Waals surface area contributed by atoms with Gasteiger partial charge in [-0.25, -0.2) is 9.59 Å². The number of nitrogens with one attached hydrogen (secondary N) is 1. The van der Waals surface area contributed by atoms with Crippen LogP contribution in [-0.4, -0.2) is 51.6 Å². The average molecular weight is 384 g/mol. The molecule has 2 saturated heterocycles. The summed E-state index contributed by atoms with van der Waals surface area (Å²) in [5, 5.41) is 10.7. The lowest BCUT2D eigenvalue weighted by Gasteiger charge is -2.50. The zero-order valence-electron chi connectivity index (χ0n) is 14.5. The van der Waals surface area contributed by atoms with Crippen LogP contribution < -0.4 is 11.2 Å². The first kappa shape index (κ1) is 18.2. The molecule has 0 amide bonds. The van der Waals surface area contributed by atoms with Crippen LogP contribution in [0.2, 0.25) is 0 Å². The molecule has 2 N–H and O–H groups in total. The molecule has 4 rings (SSSR count). The summed E-state index contributed by atoms with van der Waals surface area (Å²) in [7, 11) is 0. The highest BCUT2D eigenvalue weighted by Crippen LogP contribution is 2.52. The third-order valence-corrected chi connectivity index (χ3v) is 5.01. The Morgan fingerprint density at radius 1 is 1.36 bits per heavy atom. The number of ether oxygens (including phenoxy) is 3. The normalized spacial score (nSPS) is 30.7. The minimum absolute atomic E-state index is 0.122. The SMILES string of the molecule is C#C[C@@]12OC[C@@]1(n1ccc(=O)[nH]c1=O)O[C@H](COC(=O)c1ccccc1)C2O. The van der Waals surface area contributed by atoms with E-state index in [1.54, 1.807) is 30.3 Å². The van der Waals surface area contributed by atoms with Crippen LogP contribution in [0.1, 0.15) is 10.4 Å². The third kappa shape index (κ3) is 2.43. The van der Waals surface area contributed by atoms with Gasteiger partial charge in [-0.2, -0.15) is 0 Å². The first-order valence-corrected chi connectivity index (χ1v) is 8.46. The Labute approximate surface area is 158 Å². The number of carbonyl (C=O) groups is 1. The highest BCUT2D eigenvalue weighted by molar-refractivity contribution is 5.89. The molecule has 9 nitrogen and oxygen atoms in total. The van der Waals surface area contributed by atoms with Gasteiger partial charge in [-0.1, -0.05) is 24.1 Å². The predicted molar refractivity (Wildman–Crippen MR) is 94.4 cm³/mol. The van der Waals surface area contributed by atoms with Crippen molar-refractivity contribution in [2.75, 3.05) is 13.2 Å². The van der Waals surface area contributed by atoms with E-state index in [-0.39, 0.29) is 13.2 Å². The molecule has 144 valence electrons. The standard InChI is InChI=1S/C19H16N2O7/c1-2-18-15(23)13(10-26-16(24)12-6-4-3-5-7-12)28-19(18,11-27-18)21-9-8-14(22)20-17(21)25/h1,3-9,13,15,23H,10-11H2,(H,20,22,25)/t13-,15?,18+,19-/m1/s1. The number of aliphatic hydroxyl groups excluding tert-OH is 1. The molecule has 0 saturated carbocycles. The Morgan fingerprint density at radius 2 is 2.11 bits per heavy atom. The maximum absolute atomic E-state index is 12.3. The van der Waals surface area contributed by atoms with Crippen molar-refractivity contribution in [1.29, 1.82) is 0 Å².